The Morgan fingerprint density at radius 1 is 1.65 bits per heavy atom. The van der Waals surface area contributed by atoms with E-state index in [1.54, 1.807) is 16.0 Å². The SMILES string of the molecule is CC(Sc1nnnn1Cc1cccs1)C(=O)NC1CC1. The summed E-state index contributed by atoms with van der Waals surface area (Å²) in [5, 5.41) is 17.2. The van der Waals surface area contributed by atoms with E-state index in [-0.39, 0.29) is 11.2 Å². The fraction of sp³-hybridized carbons (Fsp3) is 0.500. The molecule has 1 unspecified atom stereocenters. The number of rotatable bonds is 6. The van der Waals surface area contributed by atoms with E-state index in [2.05, 4.69) is 20.8 Å². The summed E-state index contributed by atoms with van der Waals surface area (Å²) in [6.07, 6.45) is 2.19. The maximum Gasteiger partial charge on any atom is 0.233 e. The molecule has 1 saturated carbocycles. The third-order valence-corrected chi connectivity index (χ3v) is 4.89. The van der Waals surface area contributed by atoms with Gasteiger partial charge in [-0.1, -0.05) is 17.8 Å². The molecule has 1 aliphatic carbocycles. The molecule has 0 bridgehead atoms. The highest BCUT2D eigenvalue weighted by Gasteiger charge is 2.26. The lowest BCUT2D eigenvalue weighted by Crippen LogP contribution is -2.32. The van der Waals surface area contributed by atoms with Gasteiger partial charge in [0.2, 0.25) is 11.1 Å². The Bertz CT molecular complexity index is 578. The van der Waals surface area contributed by atoms with Gasteiger partial charge < -0.3 is 5.32 Å². The highest BCUT2D eigenvalue weighted by Crippen LogP contribution is 2.24. The average molecular weight is 309 g/mol. The second-order valence-electron chi connectivity index (χ2n) is 4.74. The Hall–Kier alpha value is -1.41. The summed E-state index contributed by atoms with van der Waals surface area (Å²) >= 11 is 3.06. The van der Waals surface area contributed by atoms with E-state index in [0.717, 1.165) is 12.8 Å². The number of carbonyl (C=O) groups is 1. The van der Waals surface area contributed by atoms with Gasteiger partial charge in [-0.05, 0) is 41.6 Å². The third-order valence-electron chi connectivity index (χ3n) is 2.96. The van der Waals surface area contributed by atoms with Gasteiger partial charge in [0.15, 0.2) is 0 Å². The molecule has 0 spiro atoms. The first-order chi connectivity index (χ1) is 9.72. The van der Waals surface area contributed by atoms with Crippen LogP contribution in [0.1, 0.15) is 24.6 Å². The van der Waals surface area contributed by atoms with E-state index < -0.39 is 0 Å². The van der Waals surface area contributed by atoms with Gasteiger partial charge >= 0.3 is 0 Å². The first-order valence-corrected chi connectivity index (χ1v) is 8.24. The van der Waals surface area contributed by atoms with E-state index in [4.69, 9.17) is 0 Å². The number of thioether (sulfide) groups is 1. The molecule has 20 heavy (non-hydrogen) atoms. The van der Waals surface area contributed by atoms with Crippen LogP contribution >= 0.6 is 23.1 Å². The van der Waals surface area contributed by atoms with E-state index in [1.165, 1.54) is 16.6 Å². The van der Waals surface area contributed by atoms with Crippen LogP contribution in [0.3, 0.4) is 0 Å². The van der Waals surface area contributed by atoms with Crippen LogP contribution in [0, 0.1) is 0 Å². The number of aromatic nitrogens is 4. The smallest absolute Gasteiger partial charge is 0.233 e. The molecule has 2 aromatic heterocycles. The lowest BCUT2D eigenvalue weighted by molar-refractivity contribution is -0.120. The maximum atomic E-state index is 11.9. The second kappa shape index (κ2) is 5.92. The van der Waals surface area contributed by atoms with Crippen LogP contribution in [0.15, 0.2) is 22.7 Å². The van der Waals surface area contributed by atoms with Crippen molar-refractivity contribution in [3.05, 3.63) is 22.4 Å². The molecule has 6 nitrogen and oxygen atoms in total. The first kappa shape index (κ1) is 13.6. The molecular weight excluding hydrogens is 294 g/mol. The molecule has 2 aromatic rings. The molecule has 3 rings (SSSR count). The number of amides is 1. The molecule has 1 atom stereocenters. The molecule has 106 valence electrons. The van der Waals surface area contributed by atoms with E-state index in [0.29, 0.717) is 17.7 Å². The van der Waals surface area contributed by atoms with Crippen molar-refractivity contribution in [3.8, 4) is 0 Å². The number of nitrogens with zero attached hydrogens (tertiary/aromatic N) is 4. The van der Waals surface area contributed by atoms with Crippen molar-refractivity contribution >= 4 is 29.0 Å². The Balaban J connectivity index is 1.62. The van der Waals surface area contributed by atoms with Gasteiger partial charge in [0.1, 0.15) is 0 Å². The lowest BCUT2D eigenvalue weighted by Gasteiger charge is -2.10. The molecule has 0 aromatic carbocycles. The van der Waals surface area contributed by atoms with Crippen molar-refractivity contribution in [2.24, 2.45) is 0 Å². The number of thiophene rings is 1. The first-order valence-electron chi connectivity index (χ1n) is 6.48. The van der Waals surface area contributed by atoms with Crippen molar-refractivity contribution in [1.82, 2.24) is 25.5 Å². The van der Waals surface area contributed by atoms with Gasteiger partial charge in [-0.3, -0.25) is 4.79 Å². The van der Waals surface area contributed by atoms with Gasteiger partial charge in [-0.25, -0.2) is 4.68 Å². The Labute approximate surface area is 124 Å². The summed E-state index contributed by atoms with van der Waals surface area (Å²) in [6.45, 7) is 2.52. The monoisotopic (exact) mass is 309 g/mol. The molecule has 2 heterocycles. The summed E-state index contributed by atoms with van der Waals surface area (Å²) in [5.74, 6) is 0.0585. The van der Waals surface area contributed by atoms with Crippen molar-refractivity contribution in [3.63, 3.8) is 0 Å². The zero-order valence-corrected chi connectivity index (χ0v) is 12.7. The quantitative estimate of drug-likeness (QED) is 0.820. The normalized spacial score (nSPS) is 16.1. The van der Waals surface area contributed by atoms with Gasteiger partial charge in [-0.2, -0.15) is 0 Å². The average Bonchev–Trinajstić information content (AvgIpc) is 2.91. The molecule has 8 heteroatoms. The van der Waals surface area contributed by atoms with Crippen molar-refractivity contribution < 1.29 is 4.79 Å². The summed E-state index contributed by atoms with van der Waals surface area (Å²) in [5.41, 5.74) is 0. The molecule has 1 fully saturated rings. The summed E-state index contributed by atoms with van der Waals surface area (Å²) in [4.78, 5) is 13.1. The highest BCUT2D eigenvalue weighted by atomic mass is 32.2. The molecule has 1 aliphatic rings. The maximum absolute atomic E-state index is 11.9. The molecule has 0 radical (unpaired) electrons. The predicted octanol–water partition coefficient (Wildman–Crippen LogP) is 1.54. The molecule has 0 aliphatic heterocycles. The summed E-state index contributed by atoms with van der Waals surface area (Å²) in [6, 6.07) is 4.43. The highest BCUT2D eigenvalue weighted by molar-refractivity contribution is 8.00. The van der Waals surface area contributed by atoms with Crippen LogP contribution in [0.2, 0.25) is 0 Å². The Morgan fingerprint density at radius 2 is 2.50 bits per heavy atom. The van der Waals surface area contributed by atoms with Crippen LogP contribution in [0.4, 0.5) is 0 Å². The van der Waals surface area contributed by atoms with Gasteiger partial charge in [0.25, 0.3) is 0 Å². The van der Waals surface area contributed by atoms with Gasteiger partial charge in [0, 0.05) is 10.9 Å². The van der Waals surface area contributed by atoms with Crippen molar-refractivity contribution in [1.29, 1.82) is 0 Å². The summed E-state index contributed by atoms with van der Waals surface area (Å²) < 4.78 is 1.73. The topological polar surface area (TPSA) is 72.7 Å². The van der Waals surface area contributed by atoms with Crippen molar-refractivity contribution in [2.45, 2.75) is 42.8 Å². The number of hydrogen-bond acceptors (Lipinski definition) is 6. The minimum atomic E-state index is -0.191. The third kappa shape index (κ3) is 3.37. The number of nitrogens with one attached hydrogen (secondary N) is 1. The van der Waals surface area contributed by atoms with Crippen LogP contribution in [-0.2, 0) is 11.3 Å². The fourth-order valence-electron chi connectivity index (χ4n) is 1.69. The Morgan fingerprint density at radius 3 is 3.20 bits per heavy atom. The van der Waals surface area contributed by atoms with Crippen molar-refractivity contribution in [2.75, 3.05) is 0 Å². The van der Waals surface area contributed by atoms with E-state index in [9.17, 15) is 4.79 Å². The van der Waals surface area contributed by atoms with Gasteiger partial charge in [-0.15, -0.1) is 16.4 Å². The number of tetrazole rings is 1. The minimum Gasteiger partial charge on any atom is -0.352 e. The van der Waals surface area contributed by atoms with E-state index in [1.807, 2.05) is 24.4 Å². The molecule has 0 saturated heterocycles. The zero-order chi connectivity index (χ0) is 13.9. The van der Waals surface area contributed by atoms with Gasteiger partial charge in [0.05, 0.1) is 11.8 Å². The molecule has 1 N–H and O–H groups in total. The van der Waals surface area contributed by atoms with E-state index >= 15 is 0 Å². The van der Waals surface area contributed by atoms with Crippen LogP contribution in [0.25, 0.3) is 0 Å². The molecule has 1 amide bonds. The summed E-state index contributed by atoms with van der Waals surface area (Å²) in [7, 11) is 0. The number of hydrogen-bond donors (Lipinski definition) is 1. The second-order valence-corrected chi connectivity index (χ2v) is 7.08. The zero-order valence-electron chi connectivity index (χ0n) is 11.0. The van der Waals surface area contributed by atoms with Crippen LogP contribution < -0.4 is 5.32 Å². The minimum absolute atomic E-state index is 0.0585. The Kier molecular flexibility index (Phi) is 4.02. The van der Waals surface area contributed by atoms with Crippen LogP contribution in [-0.4, -0.2) is 37.4 Å². The predicted molar refractivity (Wildman–Crippen MR) is 77.7 cm³/mol. The number of carbonyl (C=O) groups excluding carboxylic acids is 1. The molecular formula is C12H15N5OS2. The fourth-order valence-corrected chi connectivity index (χ4v) is 3.17. The lowest BCUT2D eigenvalue weighted by atomic mass is 10.4. The standard InChI is InChI=1S/C12H15N5OS2/c1-8(11(18)13-9-4-5-9)20-12-14-15-16-17(12)7-10-3-2-6-19-10/h2-3,6,8-9H,4-5,7H2,1H3,(H,13,18). The van der Waals surface area contributed by atoms with Crippen LogP contribution in [0.5, 0.6) is 0 Å². The largest absolute Gasteiger partial charge is 0.352 e.